The van der Waals surface area contributed by atoms with Gasteiger partial charge in [-0.1, -0.05) is 29.8 Å². The predicted octanol–water partition coefficient (Wildman–Crippen LogP) is 1.91. The molecule has 1 N–H and O–H groups in total. The number of nitrogens with zero attached hydrogens (tertiary/aromatic N) is 3. The van der Waals surface area contributed by atoms with Crippen molar-refractivity contribution in [1.29, 1.82) is 0 Å². The first-order valence-electron chi connectivity index (χ1n) is 7.59. The molecule has 5 heteroatoms. The van der Waals surface area contributed by atoms with Crippen LogP contribution in [0.5, 0.6) is 0 Å². The summed E-state index contributed by atoms with van der Waals surface area (Å²) in [5.41, 5.74) is 4.36. The van der Waals surface area contributed by atoms with Gasteiger partial charge in [-0.2, -0.15) is 0 Å². The van der Waals surface area contributed by atoms with Crippen molar-refractivity contribution in [3.05, 3.63) is 53.1 Å². The van der Waals surface area contributed by atoms with Crippen LogP contribution in [0.3, 0.4) is 0 Å². The highest BCUT2D eigenvalue weighted by atomic mass is 16.2. The first kappa shape index (κ1) is 14.8. The molecule has 2 heterocycles. The average molecular weight is 298 g/mol. The van der Waals surface area contributed by atoms with Gasteiger partial charge in [0.05, 0.1) is 24.3 Å². The van der Waals surface area contributed by atoms with E-state index in [0.29, 0.717) is 6.54 Å². The molecule has 1 aliphatic heterocycles. The summed E-state index contributed by atoms with van der Waals surface area (Å²) in [4.78, 5) is 24.4. The van der Waals surface area contributed by atoms with Gasteiger partial charge in [0.15, 0.2) is 0 Å². The van der Waals surface area contributed by atoms with Crippen molar-refractivity contribution >= 4 is 5.91 Å². The molecule has 1 aliphatic rings. The fourth-order valence-corrected chi connectivity index (χ4v) is 3.08. The minimum Gasteiger partial charge on any atom is -0.347 e. The number of amides is 1. The number of fused-ring (bicyclic) bond motifs is 1. The van der Waals surface area contributed by atoms with Gasteiger partial charge in [-0.25, -0.2) is 4.98 Å². The van der Waals surface area contributed by atoms with Crippen molar-refractivity contribution in [3.8, 4) is 0 Å². The van der Waals surface area contributed by atoms with E-state index in [-0.39, 0.29) is 11.9 Å². The molecule has 1 aromatic carbocycles. The smallest absolute Gasteiger partial charge is 0.244 e. The molecule has 116 valence electrons. The normalized spacial score (nSPS) is 15.7. The molecular formula is C17H22N4O. The second kappa shape index (κ2) is 5.93. The van der Waals surface area contributed by atoms with Crippen LogP contribution >= 0.6 is 0 Å². The summed E-state index contributed by atoms with van der Waals surface area (Å²) in [5, 5.41) is 0. The Morgan fingerprint density at radius 2 is 2.23 bits per heavy atom. The standard InChI is InChI=1S/C17H22N4O/c1-12-5-4-6-13(9-12)16(20(2)3)17(22)21-8-7-14-15(10-21)19-11-18-14/h4-6,9,11,16H,7-8,10H2,1-3H3,(H,18,19). The van der Waals surface area contributed by atoms with Crippen molar-refractivity contribution in [2.24, 2.45) is 0 Å². The highest BCUT2D eigenvalue weighted by molar-refractivity contribution is 5.83. The van der Waals surface area contributed by atoms with Crippen LogP contribution < -0.4 is 0 Å². The third-order valence-electron chi connectivity index (χ3n) is 4.19. The Morgan fingerprint density at radius 3 is 2.95 bits per heavy atom. The molecule has 0 spiro atoms. The van der Waals surface area contributed by atoms with E-state index in [1.165, 1.54) is 5.56 Å². The maximum atomic E-state index is 13.0. The van der Waals surface area contributed by atoms with Crippen molar-refractivity contribution in [2.45, 2.75) is 25.9 Å². The van der Waals surface area contributed by atoms with E-state index in [1.54, 1.807) is 6.33 Å². The number of aromatic amines is 1. The Kier molecular flexibility index (Phi) is 3.98. The molecule has 1 amide bonds. The van der Waals surface area contributed by atoms with Crippen LogP contribution in [0.4, 0.5) is 0 Å². The Morgan fingerprint density at radius 1 is 1.41 bits per heavy atom. The number of carbonyl (C=O) groups is 1. The van der Waals surface area contributed by atoms with Gasteiger partial charge in [-0.3, -0.25) is 9.69 Å². The van der Waals surface area contributed by atoms with E-state index in [4.69, 9.17) is 0 Å². The molecule has 0 radical (unpaired) electrons. The summed E-state index contributed by atoms with van der Waals surface area (Å²) in [6.45, 7) is 3.40. The summed E-state index contributed by atoms with van der Waals surface area (Å²) in [6, 6.07) is 7.94. The molecule has 0 saturated carbocycles. The van der Waals surface area contributed by atoms with Crippen molar-refractivity contribution < 1.29 is 4.79 Å². The van der Waals surface area contributed by atoms with E-state index in [1.807, 2.05) is 36.0 Å². The molecule has 2 aromatic rings. The number of rotatable bonds is 3. The second-order valence-electron chi connectivity index (χ2n) is 6.12. The van der Waals surface area contributed by atoms with E-state index < -0.39 is 0 Å². The quantitative estimate of drug-likeness (QED) is 0.941. The van der Waals surface area contributed by atoms with Crippen LogP contribution in [0, 0.1) is 6.92 Å². The second-order valence-corrected chi connectivity index (χ2v) is 6.12. The van der Waals surface area contributed by atoms with Crippen LogP contribution in [0.25, 0.3) is 0 Å². The predicted molar refractivity (Wildman–Crippen MR) is 85.3 cm³/mol. The van der Waals surface area contributed by atoms with Gasteiger partial charge < -0.3 is 9.88 Å². The lowest BCUT2D eigenvalue weighted by atomic mass is 10.0. The number of aromatic nitrogens is 2. The summed E-state index contributed by atoms with van der Waals surface area (Å²) >= 11 is 0. The zero-order chi connectivity index (χ0) is 15.7. The van der Waals surface area contributed by atoms with E-state index in [0.717, 1.165) is 29.9 Å². The Balaban J connectivity index is 1.85. The highest BCUT2D eigenvalue weighted by Gasteiger charge is 2.30. The zero-order valence-electron chi connectivity index (χ0n) is 13.3. The third kappa shape index (κ3) is 2.76. The lowest BCUT2D eigenvalue weighted by molar-refractivity contribution is -0.137. The number of hydrogen-bond acceptors (Lipinski definition) is 3. The summed E-state index contributed by atoms with van der Waals surface area (Å²) in [7, 11) is 3.91. The number of imidazole rings is 1. The molecular weight excluding hydrogens is 276 g/mol. The van der Waals surface area contributed by atoms with E-state index in [9.17, 15) is 4.79 Å². The van der Waals surface area contributed by atoms with Crippen molar-refractivity contribution in [1.82, 2.24) is 19.8 Å². The fraction of sp³-hybridized carbons (Fsp3) is 0.412. The summed E-state index contributed by atoms with van der Waals surface area (Å²) in [6.07, 6.45) is 2.53. The molecule has 0 aliphatic carbocycles. The van der Waals surface area contributed by atoms with Crippen molar-refractivity contribution in [2.75, 3.05) is 20.6 Å². The Hall–Kier alpha value is -2.14. The van der Waals surface area contributed by atoms with Gasteiger partial charge in [0.1, 0.15) is 6.04 Å². The number of aryl methyl sites for hydroxylation is 1. The minimum absolute atomic E-state index is 0.149. The Bertz CT molecular complexity index is 677. The minimum atomic E-state index is -0.246. The first-order valence-corrected chi connectivity index (χ1v) is 7.59. The molecule has 22 heavy (non-hydrogen) atoms. The highest BCUT2D eigenvalue weighted by Crippen LogP contribution is 2.25. The number of hydrogen-bond donors (Lipinski definition) is 1. The van der Waals surface area contributed by atoms with Crippen molar-refractivity contribution in [3.63, 3.8) is 0 Å². The molecule has 3 rings (SSSR count). The molecule has 5 nitrogen and oxygen atoms in total. The number of likely N-dealkylation sites (N-methyl/N-ethyl adjacent to an activating group) is 1. The van der Waals surface area contributed by atoms with Crippen LogP contribution in [-0.2, 0) is 17.8 Å². The van der Waals surface area contributed by atoms with Crippen LogP contribution in [0.15, 0.2) is 30.6 Å². The summed E-state index contributed by atoms with van der Waals surface area (Å²) < 4.78 is 0. The molecule has 0 saturated heterocycles. The zero-order valence-corrected chi connectivity index (χ0v) is 13.3. The lowest BCUT2D eigenvalue weighted by Gasteiger charge is -2.33. The van der Waals surface area contributed by atoms with E-state index in [2.05, 4.69) is 29.0 Å². The molecule has 1 aromatic heterocycles. The van der Waals surface area contributed by atoms with Gasteiger partial charge in [0, 0.05) is 13.0 Å². The molecule has 0 fully saturated rings. The SMILES string of the molecule is Cc1cccc(C(C(=O)N2CCc3nc[nH]c3C2)N(C)C)c1. The monoisotopic (exact) mass is 298 g/mol. The van der Waals surface area contributed by atoms with Gasteiger partial charge in [-0.15, -0.1) is 0 Å². The van der Waals surface area contributed by atoms with Gasteiger partial charge in [0.25, 0.3) is 0 Å². The lowest BCUT2D eigenvalue weighted by Crippen LogP contribution is -2.43. The maximum Gasteiger partial charge on any atom is 0.244 e. The topological polar surface area (TPSA) is 52.2 Å². The third-order valence-corrected chi connectivity index (χ3v) is 4.19. The molecule has 1 atom stereocenters. The van der Waals surface area contributed by atoms with Gasteiger partial charge >= 0.3 is 0 Å². The van der Waals surface area contributed by atoms with Crippen LogP contribution in [-0.4, -0.2) is 46.3 Å². The number of H-pyrrole nitrogens is 1. The number of carbonyl (C=O) groups excluding carboxylic acids is 1. The molecule has 0 bridgehead atoms. The van der Waals surface area contributed by atoms with Crippen LogP contribution in [0.2, 0.25) is 0 Å². The van der Waals surface area contributed by atoms with Gasteiger partial charge in [0.2, 0.25) is 5.91 Å². The first-order chi connectivity index (χ1) is 10.6. The molecule has 1 unspecified atom stereocenters. The summed E-state index contributed by atoms with van der Waals surface area (Å²) in [5.74, 6) is 0.149. The van der Waals surface area contributed by atoms with E-state index >= 15 is 0 Å². The Labute approximate surface area is 131 Å². The maximum absolute atomic E-state index is 13.0. The number of benzene rings is 1. The number of nitrogens with one attached hydrogen (secondary N) is 1. The fourth-order valence-electron chi connectivity index (χ4n) is 3.08. The average Bonchev–Trinajstić information content (AvgIpc) is 2.94. The van der Waals surface area contributed by atoms with Crippen LogP contribution in [0.1, 0.15) is 28.6 Å². The van der Waals surface area contributed by atoms with Gasteiger partial charge in [-0.05, 0) is 26.6 Å². The largest absolute Gasteiger partial charge is 0.347 e.